The van der Waals surface area contributed by atoms with Gasteiger partial charge in [0, 0.05) is 5.69 Å². The van der Waals surface area contributed by atoms with Crippen molar-refractivity contribution >= 4 is 11.6 Å². The second kappa shape index (κ2) is 5.91. The molecule has 0 aromatic heterocycles. The molecule has 23 heavy (non-hydrogen) atoms. The van der Waals surface area contributed by atoms with Crippen LogP contribution in [0.5, 0.6) is 11.5 Å². The predicted octanol–water partition coefficient (Wildman–Crippen LogP) is 1.73. The maximum absolute atomic E-state index is 11.9. The molecular weight excluding hydrogens is 296 g/mol. The topological polar surface area (TPSA) is 93.8 Å². The molecule has 1 aliphatic heterocycles. The molecule has 4 N–H and O–H groups in total. The normalized spacial score (nSPS) is 15.1. The van der Waals surface area contributed by atoms with Crippen LogP contribution >= 0.6 is 0 Å². The maximum Gasteiger partial charge on any atom is 0.246 e. The lowest BCUT2D eigenvalue weighted by Gasteiger charge is -2.20. The Hall–Kier alpha value is -2.57. The van der Waals surface area contributed by atoms with Crippen LogP contribution in [0.1, 0.15) is 6.92 Å². The molecule has 6 nitrogen and oxygen atoms in total. The molecular formula is C17H18N2O4. The number of amides is 1. The number of hydrogen-bond acceptors (Lipinski definition) is 5. The highest BCUT2D eigenvalue weighted by atomic mass is 16.7. The first-order chi connectivity index (χ1) is 11.0. The van der Waals surface area contributed by atoms with E-state index in [0.717, 1.165) is 22.6 Å². The molecule has 6 heteroatoms. The number of ether oxygens (including phenoxy) is 2. The van der Waals surface area contributed by atoms with Gasteiger partial charge in [0.1, 0.15) is 5.54 Å². The van der Waals surface area contributed by atoms with E-state index in [0.29, 0.717) is 5.69 Å². The first-order valence-corrected chi connectivity index (χ1v) is 7.21. The highest BCUT2D eigenvalue weighted by Gasteiger charge is 2.27. The fraction of sp³-hybridized carbons (Fsp3) is 0.235. The monoisotopic (exact) mass is 314 g/mol. The van der Waals surface area contributed by atoms with Gasteiger partial charge < -0.3 is 25.6 Å². The molecule has 0 radical (unpaired) electrons. The summed E-state index contributed by atoms with van der Waals surface area (Å²) in [4.78, 5) is 11.9. The number of hydrogen-bond donors (Lipinski definition) is 3. The van der Waals surface area contributed by atoms with Gasteiger partial charge in [0.25, 0.3) is 0 Å². The first kappa shape index (κ1) is 15.3. The summed E-state index contributed by atoms with van der Waals surface area (Å²) in [5.74, 6) is 1.03. The number of nitrogens with one attached hydrogen (secondary N) is 1. The smallest absolute Gasteiger partial charge is 0.246 e. The molecule has 0 saturated carbocycles. The van der Waals surface area contributed by atoms with Crippen molar-refractivity contribution in [3.63, 3.8) is 0 Å². The molecule has 2 aromatic carbocycles. The van der Waals surface area contributed by atoms with Gasteiger partial charge in [-0.25, -0.2) is 0 Å². The number of benzene rings is 2. The van der Waals surface area contributed by atoms with Crippen LogP contribution in [0.25, 0.3) is 11.1 Å². The average Bonchev–Trinajstić information content (AvgIpc) is 3.03. The van der Waals surface area contributed by atoms with E-state index in [1.165, 1.54) is 6.92 Å². The Balaban J connectivity index is 1.76. The van der Waals surface area contributed by atoms with Crippen molar-refractivity contribution in [2.45, 2.75) is 12.5 Å². The Morgan fingerprint density at radius 2 is 1.83 bits per heavy atom. The minimum atomic E-state index is -1.31. The summed E-state index contributed by atoms with van der Waals surface area (Å²) in [6.07, 6.45) is 0. The Labute approximate surface area is 133 Å². The second-order valence-corrected chi connectivity index (χ2v) is 5.68. The summed E-state index contributed by atoms with van der Waals surface area (Å²) in [6.45, 7) is 1.30. The van der Waals surface area contributed by atoms with E-state index in [2.05, 4.69) is 5.32 Å². The van der Waals surface area contributed by atoms with Crippen LogP contribution in [0.15, 0.2) is 42.5 Å². The van der Waals surface area contributed by atoms with Crippen molar-refractivity contribution < 1.29 is 19.4 Å². The number of fused-ring (bicyclic) bond motifs is 1. The van der Waals surface area contributed by atoms with E-state index in [-0.39, 0.29) is 6.79 Å². The van der Waals surface area contributed by atoms with Gasteiger partial charge in [-0.15, -0.1) is 0 Å². The fourth-order valence-electron chi connectivity index (χ4n) is 2.17. The summed E-state index contributed by atoms with van der Waals surface area (Å²) < 4.78 is 10.7. The number of nitrogens with two attached hydrogens (primary N) is 1. The Morgan fingerprint density at radius 3 is 2.52 bits per heavy atom. The van der Waals surface area contributed by atoms with Gasteiger partial charge in [-0.3, -0.25) is 4.79 Å². The largest absolute Gasteiger partial charge is 0.454 e. The minimum absolute atomic E-state index is 0.243. The quantitative estimate of drug-likeness (QED) is 0.799. The highest BCUT2D eigenvalue weighted by molar-refractivity contribution is 5.97. The van der Waals surface area contributed by atoms with Crippen molar-refractivity contribution in [2.75, 3.05) is 18.7 Å². The van der Waals surface area contributed by atoms with Crippen molar-refractivity contribution in [1.82, 2.24) is 0 Å². The third-order valence-corrected chi connectivity index (χ3v) is 3.70. The number of aliphatic hydroxyl groups is 1. The summed E-state index contributed by atoms with van der Waals surface area (Å²) in [5, 5.41) is 11.8. The lowest BCUT2D eigenvalue weighted by molar-refractivity contribution is -0.121. The van der Waals surface area contributed by atoms with Crippen molar-refractivity contribution in [3.8, 4) is 22.6 Å². The SMILES string of the molecule is C[C@](N)(CO)C(=O)Nc1ccc(-c2ccc3c(c2)OCO3)cc1. The number of anilines is 1. The van der Waals surface area contributed by atoms with Crippen LogP contribution in [0, 0.1) is 0 Å². The summed E-state index contributed by atoms with van der Waals surface area (Å²) in [7, 11) is 0. The summed E-state index contributed by atoms with van der Waals surface area (Å²) in [5.41, 5.74) is 6.98. The van der Waals surface area contributed by atoms with Gasteiger partial charge in [0.05, 0.1) is 6.61 Å². The molecule has 0 unspecified atom stereocenters. The Morgan fingerprint density at radius 1 is 1.17 bits per heavy atom. The molecule has 0 spiro atoms. The molecule has 2 aromatic rings. The minimum Gasteiger partial charge on any atom is -0.454 e. The highest BCUT2D eigenvalue weighted by Crippen LogP contribution is 2.36. The fourth-order valence-corrected chi connectivity index (χ4v) is 2.17. The van der Waals surface area contributed by atoms with Gasteiger partial charge in [0.2, 0.25) is 12.7 Å². The first-order valence-electron chi connectivity index (χ1n) is 7.21. The molecule has 120 valence electrons. The van der Waals surface area contributed by atoms with Crippen molar-refractivity contribution in [3.05, 3.63) is 42.5 Å². The Bertz CT molecular complexity index is 726. The third kappa shape index (κ3) is 3.13. The zero-order valence-corrected chi connectivity index (χ0v) is 12.7. The lowest BCUT2D eigenvalue weighted by atomic mass is 10.0. The molecule has 0 aliphatic carbocycles. The van der Waals surface area contributed by atoms with E-state index in [1.54, 1.807) is 12.1 Å². The van der Waals surface area contributed by atoms with Crippen molar-refractivity contribution in [2.24, 2.45) is 5.73 Å². The van der Waals surface area contributed by atoms with Gasteiger partial charge >= 0.3 is 0 Å². The molecule has 1 aliphatic rings. The van der Waals surface area contributed by atoms with Gasteiger partial charge in [-0.05, 0) is 42.3 Å². The molecule has 0 fully saturated rings. The second-order valence-electron chi connectivity index (χ2n) is 5.68. The molecule has 1 atom stereocenters. The molecule has 1 amide bonds. The lowest BCUT2D eigenvalue weighted by Crippen LogP contribution is -2.51. The van der Waals surface area contributed by atoms with Crippen LogP contribution in [-0.4, -0.2) is 30.0 Å². The van der Waals surface area contributed by atoms with E-state index in [1.807, 2.05) is 30.3 Å². The van der Waals surface area contributed by atoms with E-state index in [4.69, 9.17) is 20.3 Å². The van der Waals surface area contributed by atoms with Crippen LogP contribution in [0.3, 0.4) is 0 Å². The van der Waals surface area contributed by atoms with Gasteiger partial charge in [-0.1, -0.05) is 18.2 Å². The van der Waals surface area contributed by atoms with Crippen LogP contribution in [-0.2, 0) is 4.79 Å². The third-order valence-electron chi connectivity index (χ3n) is 3.70. The van der Waals surface area contributed by atoms with E-state index >= 15 is 0 Å². The number of carbonyl (C=O) groups is 1. The summed E-state index contributed by atoms with van der Waals surface area (Å²) in [6, 6.07) is 13.1. The van der Waals surface area contributed by atoms with Gasteiger partial charge in [-0.2, -0.15) is 0 Å². The Kier molecular flexibility index (Phi) is 3.94. The van der Waals surface area contributed by atoms with Crippen LogP contribution < -0.4 is 20.5 Å². The molecule has 0 saturated heterocycles. The van der Waals surface area contributed by atoms with Crippen molar-refractivity contribution in [1.29, 1.82) is 0 Å². The van der Waals surface area contributed by atoms with Gasteiger partial charge in [0.15, 0.2) is 11.5 Å². The standard InChI is InChI=1S/C17H18N2O4/c1-17(18,9-20)16(21)19-13-5-2-11(3-6-13)12-4-7-14-15(8-12)23-10-22-14/h2-8,20H,9-10,18H2,1H3,(H,19,21)/t17-/m0/s1. The average molecular weight is 314 g/mol. The zero-order valence-electron chi connectivity index (χ0n) is 12.7. The molecule has 3 rings (SSSR count). The van der Waals surface area contributed by atoms with Crippen LogP contribution in [0.4, 0.5) is 5.69 Å². The van der Waals surface area contributed by atoms with Crippen LogP contribution in [0.2, 0.25) is 0 Å². The van der Waals surface area contributed by atoms with E-state index < -0.39 is 18.1 Å². The number of carbonyl (C=O) groups excluding carboxylic acids is 1. The van der Waals surface area contributed by atoms with E-state index in [9.17, 15) is 4.79 Å². The number of rotatable bonds is 4. The predicted molar refractivity (Wildman–Crippen MR) is 86.3 cm³/mol. The maximum atomic E-state index is 11.9. The molecule has 0 bridgehead atoms. The zero-order chi connectivity index (χ0) is 16.4. The molecule has 1 heterocycles. The number of aliphatic hydroxyl groups excluding tert-OH is 1. The summed E-state index contributed by atoms with van der Waals surface area (Å²) >= 11 is 0.